The number of methoxy groups -OCH3 is 1. The third kappa shape index (κ3) is 1.83. The number of carbonyl (C=O) groups excluding carboxylic acids is 1. The third-order valence-electron chi connectivity index (χ3n) is 2.99. The molecule has 1 unspecified atom stereocenters. The molecule has 2 amide bonds. The van der Waals surface area contributed by atoms with Crippen molar-refractivity contribution in [2.75, 3.05) is 13.7 Å². The second-order valence-electron chi connectivity index (χ2n) is 4.09. The molecule has 0 aliphatic carbocycles. The number of carbonyl (C=O) groups is 1. The van der Waals surface area contributed by atoms with Crippen LogP contribution in [0.25, 0.3) is 0 Å². The average Bonchev–Trinajstić information content (AvgIpc) is 2.68. The Morgan fingerprint density at radius 2 is 2.00 bits per heavy atom. The molecule has 1 heterocycles. The van der Waals surface area contributed by atoms with Crippen molar-refractivity contribution in [1.29, 1.82) is 0 Å². The molecule has 4 nitrogen and oxygen atoms in total. The Hall–Kier alpha value is -1.71. The van der Waals surface area contributed by atoms with Crippen molar-refractivity contribution in [2.24, 2.45) is 0 Å². The number of benzene rings is 1. The molecule has 1 aromatic rings. The molecule has 0 radical (unpaired) electrons. The topological polar surface area (TPSA) is 50.4 Å². The largest absolute Gasteiger partial charge is 0.496 e. The lowest BCUT2D eigenvalue weighted by Gasteiger charge is -2.16. The van der Waals surface area contributed by atoms with E-state index in [1.165, 1.54) is 11.1 Å². The van der Waals surface area contributed by atoms with E-state index in [9.17, 15) is 4.79 Å². The summed E-state index contributed by atoms with van der Waals surface area (Å²) in [5.41, 5.74) is 3.43. The van der Waals surface area contributed by atoms with E-state index in [-0.39, 0.29) is 12.1 Å². The molecule has 0 bridgehead atoms. The summed E-state index contributed by atoms with van der Waals surface area (Å²) >= 11 is 0. The molecule has 0 aromatic heterocycles. The minimum atomic E-state index is -0.120. The lowest BCUT2D eigenvalue weighted by atomic mass is 10.00. The SMILES string of the molecule is COc1cc(C)c(C)cc1C1CNC(=O)N1. The van der Waals surface area contributed by atoms with Crippen molar-refractivity contribution in [3.63, 3.8) is 0 Å². The number of hydrogen-bond donors (Lipinski definition) is 2. The van der Waals surface area contributed by atoms with Crippen molar-refractivity contribution in [3.05, 3.63) is 28.8 Å². The van der Waals surface area contributed by atoms with Gasteiger partial charge >= 0.3 is 6.03 Å². The summed E-state index contributed by atoms with van der Waals surface area (Å²) in [5, 5.41) is 5.61. The molecule has 1 aliphatic rings. The molecule has 1 fully saturated rings. The summed E-state index contributed by atoms with van der Waals surface area (Å²) in [6, 6.07) is 3.97. The summed E-state index contributed by atoms with van der Waals surface area (Å²) in [4.78, 5) is 11.1. The highest BCUT2D eigenvalue weighted by Crippen LogP contribution is 2.29. The van der Waals surface area contributed by atoms with Crippen LogP contribution in [0.4, 0.5) is 4.79 Å². The van der Waals surface area contributed by atoms with Gasteiger partial charge in [0.15, 0.2) is 0 Å². The third-order valence-corrected chi connectivity index (χ3v) is 2.99. The van der Waals surface area contributed by atoms with Crippen molar-refractivity contribution in [3.8, 4) is 5.75 Å². The molecule has 16 heavy (non-hydrogen) atoms. The Labute approximate surface area is 95.0 Å². The van der Waals surface area contributed by atoms with Crippen LogP contribution in [0.15, 0.2) is 12.1 Å². The number of ether oxygens (including phenoxy) is 1. The van der Waals surface area contributed by atoms with Crippen LogP contribution >= 0.6 is 0 Å². The number of nitrogens with one attached hydrogen (secondary N) is 2. The molecule has 1 aromatic carbocycles. The maximum Gasteiger partial charge on any atom is 0.315 e. The van der Waals surface area contributed by atoms with Crippen LogP contribution in [-0.2, 0) is 0 Å². The minimum absolute atomic E-state index is 0.00162. The molecule has 86 valence electrons. The lowest BCUT2D eigenvalue weighted by molar-refractivity contribution is 0.247. The first kappa shape index (κ1) is 10.8. The summed E-state index contributed by atoms with van der Waals surface area (Å²) in [6.07, 6.45) is 0. The fourth-order valence-electron chi connectivity index (χ4n) is 1.90. The molecular formula is C12H16N2O2. The van der Waals surface area contributed by atoms with Crippen molar-refractivity contribution >= 4 is 6.03 Å². The summed E-state index contributed by atoms with van der Waals surface area (Å²) in [6.45, 7) is 4.72. The van der Waals surface area contributed by atoms with Crippen LogP contribution in [0.5, 0.6) is 5.75 Å². The highest BCUT2D eigenvalue weighted by Gasteiger charge is 2.24. The van der Waals surface area contributed by atoms with Crippen LogP contribution in [-0.4, -0.2) is 19.7 Å². The predicted molar refractivity (Wildman–Crippen MR) is 61.7 cm³/mol. The van der Waals surface area contributed by atoms with Gasteiger partial charge < -0.3 is 15.4 Å². The van der Waals surface area contributed by atoms with Gasteiger partial charge in [0.1, 0.15) is 5.75 Å². The summed E-state index contributed by atoms with van der Waals surface area (Å²) in [7, 11) is 1.65. The first-order chi connectivity index (χ1) is 7.61. The monoisotopic (exact) mass is 220 g/mol. The van der Waals surface area contributed by atoms with Crippen LogP contribution in [0.1, 0.15) is 22.7 Å². The number of aryl methyl sites for hydroxylation is 2. The van der Waals surface area contributed by atoms with E-state index in [1.807, 2.05) is 13.0 Å². The van der Waals surface area contributed by atoms with E-state index >= 15 is 0 Å². The highest BCUT2D eigenvalue weighted by atomic mass is 16.5. The van der Waals surface area contributed by atoms with E-state index in [1.54, 1.807) is 7.11 Å². The molecule has 0 spiro atoms. The Bertz CT molecular complexity index is 429. The van der Waals surface area contributed by atoms with E-state index in [0.717, 1.165) is 11.3 Å². The van der Waals surface area contributed by atoms with Gasteiger partial charge in [0, 0.05) is 12.1 Å². The number of amides is 2. The normalized spacial score (nSPS) is 19.2. The predicted octanol–water partition coefficient (Wildman–Crippen LogP) is 1.67. The van der Waals surface area contributed by atoms with Gasteiger partial charge in [-0.3, -0.25) is 0 Å². The van der Waals surface area contributed by atoms with E-state index in [2.05, 4.69) is 23.6 Å². The smallest absolute Gasteiger partial charge is 0.315 e. The quantitative estimate of drug-likeness (QED) is 0.796. The molecule has 2 rings (SSSR count). The van der Waals surface area contributed by atoms with Gasteiger partial charge in [0.2, 0.25) is 0 Å². The molecule has 2 N–H and O–H groups in total. The minimum Gasteiger partial charge on any atom is -0.496 e. The Kier molecular flexibility index (Phi) is 2.73. The van der Waals surface area contributed by atoms with E-state index in [0.29, 0.717) is 6.54 Å². The zero-order valence-electron chi connectivity index (χ0n) is 9.76. The standard InChI is InChI=1S/C12H16N2O2/c1-7-4-9(10-6-13-12(15)14-10)11(16-3)5-8(7)2/h4-5,10H,6H2,1-3H3,(H2,13,14,15). The second-order valence-corrected chi connectivity index (χ2v) is 4.09. The lowest BCUT2D eigenvalue weighted by Crippen LogP contribution is -2.22. The fourth-order valence-corrected chi connectivity index (χ4v) is 1.90. The fraction of sp³-hybridized carbons (Fsp3) is 0.417. The van der Waals surface area contributed by atoms with Gasteiger partial charge in [-0.2, -0.15) is 0 Å². The van der Waals surface area contributed by atoms with E-state index in [4.69, 9.17) is 4.74 Å². The second kappa shape index (κ2) is 4.04. The van der Waals surface area contributed by atoms with Crippen LogP contribution < -0.4 is 15.4 Å². The number of rotatable bonds is 2. The van der Waals surface area contributed by atoms with Gasteiger partial charge in [-0.1, -0.05) is 0 Å². The average molecular weight is 220 g/mol. The van der Waals surface area contributed by atoms with Crippen molar-refractivity contribution < 1.29 is 9.53 Å². The first-order valence-electron chi connectivity index (χ1n) is 5.31. The molecule has 4 heteroatoms. The Morgan fingerprint density at radius 3 is 2.56 bits per heavy atom. The molecule has 1 atom stereocenters. The van der Waals surface area contributed by atoms with Gasteiger partial charge in [-0.15, -0.1) is 0 Å². The highest BCUT2D eigenvalue weighted by molar-refractivity contribution is 5.77. The van der Waals surface area contributed by atoms with Gasteiger partial charge in [-0.25, -0.2) is 4.79 Å². The van der Waals surface area contributed by atoms with Crippen LogP contribution in [0.2, 0.25) is 0 Å². The summed E-state index contributed by atoms with van der Waals surface area (Å²) in [5.74, 6) is 0.831. The molecule has 0 saturated carbocycles. The maximum atomic E-state index is 11.1. The van der Waals surface area contributed by atoms with Gasteiger partial charge in [0.05, 0.1) is 13.2 Å². The zero-order chi connectivity index (χ0) is 11.7. The van der Waals surface area contributed by atoms with Gasteiger partial charge in [0.25, 0.3) is 0 Å². The Morgan fingerprint density at radius 1 is 1.31 bits per heavy atom. The number of urea groups is 1. The molecular weight excluding hydrogens is 204 g/mol. The molecule has 1 saturated heterocycles. The Balaban J connectivity index is 2.39. The van der Waals surface area contributed by atoms with Crippen LogP contribution in [0.3, 0.4) is 0 Å². The molecule has 1 aliphatic heterocycles. The maximum absolute atomic E-state index is 11.1. The van der Waals surface area contributed by atoms with Gasteiger partial charge in [-0.05, 0) is 37.1 Å². The van der Waals surface area contributed by atoms with Crippen LogP contribution in [0, 0.1) is 13.8 Å². The number of hydrogen-bond acceptors (Lipinski definition) is 2. The van der Waals surface area contributed by atoms with E-state index < -0.39 is 0 Å². The zero-order valence-corrected chi connectivity index (χ0v) is 9.76. The first-order valence-corrected chi connectivity index (χ1v) is 5.31. The van der Waals surface area contributed by atoms with Crippen molar-refractivity contribution in [2.45, 2.75) is 19.9 Å². The summed E-state index contributed by atoms with van der Waals surface area (Å²) < 4.78 is 5.35. The van der Waals surface area contributed by atoms with Crippen molar-refractivity contribution in [1.82, 2.24) is 10.6 Å².